The summed E-state index contributed by atoms with van der Waals surface area (Å²) in [5.41, 5.74) is 5.70. The maximum Gasteiger partial charge on any atom is 0.317 e. The molecule has 0 aliphatic carbocycles. The smallest absolute Gasteiger partial charge is 0.317 e. The third-order valence-electron chi connectivity index (χ3n) is 1.62. The van der Waals surface area contributed by atoms with Gasteiger partial charge in [-0.2, -0.15) is 0 Å². The highest BCUT2D eigenvalue weighted by Crippen LogP contribution is 2.09. The molecule has 13 heavy (non-hydrogen) atoms. The number of nitrogens with zero attached hydrogens (tertiary/aromatic N) is 2. The van der Waals surface area contributed by atoms with Crippen LogP contribution in [0.1, 0.15) is 0 Å². The largest absolute Gasteiger partial charge is 0.351 e. The minimum Gasteiger partial charge on any atom is -0.351 e. The number of amides is 2. The van der Waals surface area contributed by atoms with Crippen LogP contribution in [0.3, 0.4) is 0 Å². The lowest BCUT2D eigenvalue weighted by atomic mass is 10.4. The number of nitrogens with two attached hydrogens (primary N) is 1. The van der Waals surface area contributed by atoms with Crippen molar-refractivity contribution in [1.82, 2.24) is 9.38 Å². The normalized spacial score (nSPS) is 10.2. The zero-order valence-corrected chi connectivity index (χ0v) is 6.69. The van der Waals surface area contributed by atoms with Crippen LogP contribution in [-0.4, -0.2) is 15.4 Å². The van der Waals surface area contributed by atoms with Crippen molar-refractivity contribution in [2.24, 2.45) is 5.73 Å². The summed E-state index contributed by atoms with van der Waals surface area (Å²) in [5.74, 6) is 0.582. The van der Waals surface area contributed by atoms with E-state index in [1.165, 1.54) is 0 Å². The van der Waals surface area contributed by atoms with E-state index >= 15 is 0 Å². The van der Waals surface area contributed by atoms with Gasteiger partial charge in [0.25, 0.3) is 0 Å². The Kier molecular flexibility index (Phi) is 1.63. The number of aromatic nitrogens is 2. The Morgan fingerprint density at radius 1 is 1.62 bits per heavy atom. The van der Waals surface area contributed by atoms with Gasteiger partial charge in [-0.05, 0) is 12.1 Å². The van der Waals surface area contributed by atoms with Crippen LogP contribution < -0.4 is 11.1 Å². The molecule has 5 heteroatoms. The lowest BCUT2D eigenvalue weighted by molar-refractivity contribution is 0.259. The molecule has 5 nitrogen and oxygen atoms in total. The number of urea groups is 1. The summed E-state index contributed by atoms with van der Waals surface area (Å²) in [6.45, 7) is 0. The number of anilines is 1. The molecule has 2 aromatic rings. The van der Waals surface area contributed by atoms with Crippen LogP contribution >= 0.6 is 0 Å². The minimum absolute atomic E-state index is 0.582. The Bertz CT molecular complexity index is 448. The highest BCUT2D eigenvalue weighted by molar-refractivity contribution is 5.87. The fourth-order valence-corrected chi connectivity index (χ4v) is 1.12. The minimum atomic E-state index is -0.596. The lowest BCUT2D eigenvalue weighted by Gasteiger charge is -2.03. The SMILES string of the molecule is NC(=O)Nc1cccc2n[c]cn12. The van der Waals surface area contributed by atoms with Crippen molar-refractivity contribution in [3.8, 4) is 0 Å². The Morgan fingerprint density at radius 3 is 3.23 bits per heavy atom. The number of hydrogen-bond donors (Lipinski definition) is 2. The number of pyridine rings is 1. The first-order valence-electron chi connectivity index (χ1n) is 3.68. The van der Waals surface area contributed by atoms with Crippen molar-refractivity contribution < 1.29 is 4.79 Å². The van der Waals surface area contributed by atoms with Gasteiger partial charge >= 0.3 is 6.03 Å². The molecule has 0 aliphatic heterocycles. The zero-order chi connectivity index (χ0) is 9.26. The van der Waals surface area contributed by atoms with Gasteiger partial charge in [0.15, 0.2) is 0 Å². The van der Waals surface area contributed by atoms with E-state index in [1.54, 1.807) is 22.7 Å². The van der Waals surface area contributed by atoms with E-state index in [1.807, 2.05) is 6.07 Å². The molecule has 2 rings (SSSR count). The molecule has 0 spiro atoms. The van der Waals surface area contributed by atoms with Crippen LogP contribution in [0.2, 0.25) is 0 Å². The number of rotatable bonds is 1. The zero-order valence-electron chi connectivity index (χ0n) is 6.69. The third kappa shape index (κ3) is 1.31. The molecule has 0 aliphatic rings. The second kappa shape index (κ2) is 2.78. The predicted octanol–water partition coefficient (Wildman–Crippen LogP) is 0.625. The van der Waals surface area contributed by atoms with E-state index in [2.05, 4.69) is 16.5 Å². The molecule has 0 saturated heterocycles. The molecule has 0 bridgehead atoms. The monoisotopic (exact) mass is 175 g/mol. The first-order valence-corrected chi connectivity index (χ1v) is 3.68. The van der Waals surface area contributed by atoms with Gasteiger partial charge in [0.1, 0.15) is 17.7 Å². The summed E-state index contributed by atoms with van der Waals surface area (Å²) in [7, 11) is 0. The molecule has 3 N–H and O–H groups in total. The van der Waals surface area contributed by atoms with Crippen molar-refractivity contribution in [1.29, 1.82) is 0 Å². The second-order valence-corrected chi connectivity index (χ2v) is 2.50. The van der Waals surface area contributed by atoms with Gasteiger partial charge < -0.3 is 5.73 Å². The number of nitrogens with one attached hydrogen (secondary N) is 1. The molecule has 0 fully saturated rings. The van der Waals surface area contributed by atoms with Crippen molar-refractivity contribution in [3.63, 3.8) is 0 Å². The number of primary amides is 1. The Balaban J connectivity index is 2.54. The fraction of sp³-hybridized carbons (Fsp3) is 0. The van der Waals surface area contributed by atoms with Crippen LogP contribution in [-0.2, 0) is 0 Å². The van der Waals surface area contributed by atoms with Gasteiger partial charge in [0.2, 0.25) is 0 Å². The second-order valence-electron chi connectivity index (χ2n) is 2.50. The first-order chi connectivity index (χ1) is 6.27. The highest BCUT2D eigenvalue weighted by atomic mass is 16.2. The topological polar surface area (TPSA) is 72.4 Å². The number of carbonyl (C=O) groups is 1. The molecule has 0 atom stereocenters. The van der Waals surface area contributed by atoms with E-state index in [0.717, 1.165) is 0 Å². The van der Waals surface area contributed by atoms with Crippen molar-refractivity contribution in [3.05, 3.63) is 30.6 Å². The van der Waals surface area contributed by atoms with Crippen LogP contribution in [0.4, 0.5) is 10.6 Å². The quantitative estimate of drug-likeness (QED) is 0.667. The molecule has 0 aromatic carbocycles. The van der Waals surface area contributed by atoms with Gasteiger partial charge in [-0.25, -0.2) is 9.78 Å². The molecule has 0 unspecified atom stereocenters. The van der Waals surface area contributed by atoms with Crippen molar-refractivity contribution in [2.75, 3.05) is 5.32 Å². The Hall–Kier alpha value is -2.04. The van der Waals surface area contributed by atoms with Crippen LogP contribution in [0, 0.1) is 6.20 Å². The third-order valence-corrected chi connectivity index (χ3v) is 1.62. The van der Waals surface area contributed by atoms with E-state index < -0.39 is 6.03 Å². The van der Waals surface area contributed by atoms with E-state index in [-0.39, 0.29) is 0 Å². The summed E-state index contributed by atoms with van der Waals surface area (Å²) in [5, 5.41) is 2.48. The average Bonchev–Trinajstić information content (AvgIpc) is 2.51. The maximum atomic E-state index is 10.6. The fourth-order valence-electron chi connectivity index (χ4n) is 1.12. The number of imidazole rings is 1. The number of fused-ring (bicyclic) bond motifs is 1. The van der Waals surface area contributed by atoms with Gasteiger partial charge in [-0.15, -0.1) is 0 Å². The molecule has 2 heterocycles. The number of hydrogen-bond acceptors (Lipinski definition) is 2. The van der Waals surface area contributed by atoms with Gasteiger partial charge in [-0.1, -0.05) is 6.07 Å². The van der Waals surface area contributed by atoms with Crippen molar-refractivity contribution >= 4 is 17.5 Å². The summed E-state index contributed by atoms with van der Waals surface area (Å²) < 4.78 is 1.69. The predicted molar refractivity (Wildman–Crippen MR) is 47.2 cm³/mol. The Morgan fingerprint density at radius 2 is 2.46 bits per heavy atom. The van der Waals surface area contributed by atoms with E-state index in [9.17, 15) is 4.79 Å². The molecular weight excluding hydrogens is 168 g/mol. The summed E-state index contributed by atoms with van der Waals surface area (Å²) in [4.78, 5) is 14.5. The first kappa shape index (κ1) is 7.60. The molecular formula is C8H7N4O. The maximum absolute atomic E-state index is 10.6. The van der Waals surface area contributed by atoms with Crippen molar-refractivity contribution in [2.45, 2.75) is 0 Å². The van der Waals surface area contributed by atoms with Crippen LogP contribution in [0.25, 0.3) is 5.65 Å². The van der Waals surface area contributed by atoms with E-state index in [4.69, 9.17) is 5.73 Å². The lowest BCUT2D eigenvalue weighted by Crippen LogP contribution is -2.20. The highest BCUT2D eigenvalue weighted by Gasteiger charge is 2.01. The molecule has 2 amide bonds. The number of carbonyl (C=O) groups excluding carboxylic acids is 1. The summed E-state index contributed by atoms with van der Waals surface area (Å²) >= 11 is 0. The summed E-state index contributed by atoms with van der Waals surface area (Å²) in [6.07, 6.45) is 4.30. The van der Waals surface area contributed by atoms with Crippen LogP contribution in [0.5, 0.6) is 0 Å². The molecule has 65 valence electrons. The van der Waals surface area contributed by atoms with E-state index in [0.29, 0.717) is 11.5 Å². The Labute approximate surface area is 74.2 Å². The molecule has 1 radical (unpaired) electrons. The summed E-state index contributed by atoms with van der Waals surface area (Å²) in [6, 6.07) is 4.72. The van der Waals surface area contributed by atoms with Gasteiger partial charge in [-0.3, -0.25) is 9.72 Å². The van der Waals surface area contributed by atoms with Crippen LogP contribution in [0.15, 0.2) is 24.4 Å². The standard InChI is InChI=1S/C8H7N4O/c9-8(13)11-7-3-1-2-6-10-4-5-12(6)7/h1-3,5H,(H3,9,11,13). The molecule has 0 saturated carbocycles. The molecule has 2 aromatic heterocycles. The average molecular weight is 175 g/mol. The van der Waals surface area contributed by atoms with Gasteiger partial charge in [0.05, 0.1) is 0 Å². The van der Waals surface area contributed by atoms with Gasteiger partial charge in [0, 0.05) is 6.20 Å².